The summed E-state index contributed by atoms with van der Waals surface area (Å²) in [7, 11) is 0. The summed E-state index contributed by atoms with van der Waals surface area (Å²) in [5, 5.41) is 20.7. The van der Waals surface area contributed by atoms with E-state index in [9.17, 15) is 4.79 Å². The molecule has 1 aliphatic heterocycles. The van der Waals surface area contributed by atoms with Crippen LogP contribution in [0, 0.1) is 22.7 Å². The number of hydrogen-bond acceptors (Lipinski definition) is 5. The lowest BCUT2D eigenvalue weighted by Gasteiger charge is -2.38. The van der Waals surface area contributed by atoms with Crippen molar-refractivity contribution >= 4 is 5.91 Å². The van der Waals surface area contributed by atoms with Gasteiger partial charge in [0.1, 0.15) is 0 Å². The molecular weight excluding hydrogens is 254 g/mol. The molecule has 0 radical (unpaired) electrons. The molecule has 1 fully saturated rings. The van der Waals surface area contributed by atoms with E-state index in [0.29, 0.717) is 44.6 Å². The Morgan fingerprint density at radius 1 is 1.30 bits per heavy atom. The van der Waals surface area contributed by atoms with E-state index in [1.807, 2.05) is 12.1 Å². The maximum Gasteiger partial charge on any atom is 0.236 e. The Morgan fingerprint density at radius 3 is 2.45 bits per heavy atom. The summed E-state index contributed by atoms with van der Waals surface area (Å²) in [6.07, 6.45) is 0.620. The zero-order valence-corrected chi connectivity index (χ0v) is 12.3. The Labute approximate surface area is 120 Å². The lowest BCUT2D eigenvalue weighted by Crippen LogP contribution is -2.56. The molecule has 6 heteroatoms. The van der Waals surface area contributed by atoms with Gasteiger partial charge in [0.05, 0.1) is 31.5 Å². The summed E-state index contributed by atoms with van der Waals surface area (Å²) in [5.41, 5.74) is 0. The molecule has 2 atom stereocenters. The smallest absolute Gasteiger partial charge is 0.236 e. The molecule has 0 bridgehead atoms. The minimum absolute atomic E-state index is 0.0106. The lowest BCUT2D eigenvalue weighted by atomic mass is 10.1. The minimum atomic E-state index is 0.0106. The van der Waals surface area contributed by atoms with Crippen LogP contribution in [0.5, 0.6) is 0 Å². The van der Waals surface area contributed by atoms with Crippen molar-refractivity contribution in [3.63, 3.8) is 0 Å². The predicted molar refractivity (Wildman–Crippen MR) is 75.5 cm³/mol. The molecule has 0 aromatic heterocycles. The third-order valence-corrected chi connectivity index (χ3v) is 3.57. The van der Waals surface area contributed by atoms with E-state index >= 15 is 0 Å². The molecular formula is C14H23N5O. The van der Waals surface area contributed by atoms with E-state index in [2.05, 4.69) is 24.1 Å². The van der Waals surface area contributed by atoms with Crippen LogP contribution < -0.4 is 5.32 Å². The second-order valence-corrected chi connectivity index (χ2v) is 5.28. The van der Waals surface area contributed by atoms with Gasteiger partial charge in [0.15, 0.2) is 0 Å². The molecule has 110 valence electrons. The largest absolute Gasteiger partial charge is 0.340 e. The molecule has 1 amide bonds. The highest BCUT2D eigenvalue weighted by Gasteiger charge is 2.25. The Morgan fingerprint density at radius 2 is 1.90 bits per heavy atom. The number of nitriles is 2. The van der Waals surface area contributed by atoms with Crippen molar-refractivity contribution in [1.29, 1.82) is 10.5 Å². The zero-order valence-electron chi connectivity index (χ0n) is 12.3. The van der Waals surface area contributed by atoms with E-state index in [1.54, 1.807) is 4.90 Å². The average Bonchev–Trinajstić information content (AvgIpc) is 2.43. The maximum atomic E-state index is 12.3. The van der Waals surface area contributed by atoms with Crippen LogP contribution in [-0.2, 0) is 4.79 Å². The van der Waals surface area contributed by atoms with Gasteiger partial charge in [-0.2, -0.15) is 10.5 Å². The van der Waals surface area contributed by atoms with Gasteiger partial charge in [-0.05, 0) is 13.8 Å². The second-order valence-electron chi connectivity index (χ2n) is 5.28. The highest BCUT2D eigenvalue weighted by molar-refractivity contribution is 5.78. The molecule has 0 saturated carbocycles. The molecule has 1 rings (SSSR count). The molecule has 20 heavy (non-hydrogen) atoms. The standard InChI is InChI=1S/C14H23N5O/c1-12-10-19(13(2)9-17-12)11-14(20)18(7-3-5-15)8-4-6-16/h12-13,17H,3-4,7-11H2,1-2H3. The van der Waals surface area contributed by atoms with Crippen LogP contribution in [0.25, 0.3) is 0 Å². The predicted octanol–water partition coefficient (Wildman–Crippen LogP) is 0.325. The maximum absolute atomic E-state index is 12.3. The SMILES string of the molecule is CC1CN(CC(=O)N(CCC#N)CCC#N)C(C)CN1. The molecule has 1 N–H and O–H groups in total. The van der Waals surface area contributed by atoms with Crippen LogP contribution in [0.4, 0.5) is 0 Å². The third-order valence-electron chi connectivity index (χ3n) is 3.57. The summed E-state index contributed by atoms with van der Waals surface area (Å²) < 4.78 is 0. The minimum Gasteiger partial charge on any atom is -0.340 e. The van der Waals surface area contributed by atoms with E-state index in [1.165, 1.54) is 0 Å². The molecule has 1 heterocycles. The zero-order chi connectivity index (χ0) is 15.0. The molecule has 0 aliphatic carbocycles. The lowest BCUT2D eigenvalue weighted by molar-refractivity contribution is -0.133. The first-order valence-corrected chi connectivity index (χ1v) is 7.07. The molecule has 1 aliphatic rings. The summed E-state index contributed by atoms with van der Waals surface area (Å²) in [5.74, 6) is 0.0106. The average molecular weight is 277 g/mol. The first kappa shape index (κ1) is 16.4. The van der Waals surface area contributed by atoms with E-state index < -0.39 is 0 Å². The van der Waals surface area contributed by atoms with Crippen molar-refractivity contribution in [3.8, 4) is 12.1 Å². The van der Waals surface area contributed by atoms with Gasteiger partial charge in [-0.25, -0.2) is 0 Å². The van der Waals surface area contributed by atoms with Crippen LogP contribution in [0.15, 0.2) is 0 Å². The topological polar surface area (TPSA) is 83.2 Å². The first-order valence-electron chi connectivity index (χ1n) is 7.07. The van der Waals surface area contributed by atoms with Gasteiger partial charge < -0.3 is 10.2 Å². The van der Waals surface area contributed by atoms with Gasteiger partial charge in [-0.1, -0.05) is 0 Å². The van der Waals surface area contributed by atoms with Gasteiger partial charge in [0.25, 0.3) is 0 Å². The van der Waals surface area contributed by atoms with Crippen LogP contribution in [0.1, 0.15) is 26.7 Å². The van der Waals surface area contributed by atoms with Crippen LogP contribution in [0.2, 0.25) is 0 Å². The number of piperazine rings is 1. The van der Waals surface area contributed by atoms with E-state index in [4.69, 9.17) is 10.5 Å². The van der Waals surface area contributed by atoms with Crippen LogP contribution in [-0.4, -0.2) is 60.5 Å². The number of rotatable bonds is 6. The van der Waals surface area contributed by atoms with Crippen molar-refractivity contribution in [2.24, 2.45) is 0 Å². The number of amides is 1. The monoisotopic (exact) mass is 277 g/mol. The van der Waals surface area contributed by atoms with Gasteiger partial charge in [0.2, 0.25) is 5.91 Å². The normalized spacial score (nSPS) is 22.8. The fraction of sp³-hybridized carbons (Fsp3) is 0.786. The Kier molecular flexibility index (Phi) is 7.00. The number of carbonyl (C=O) groups is 1. The van der Waals surface area contributed by atoms with Crippen molar-refractivity contribution < 1.29 is 4.79 Å². The van der Waals surface area contributed by atoms with Gasteiger partial charge in [0, 0.05) is 38.3 Å². The molecule has 0 aromatic carbocycles. The molecule has 0 spiro atoms. The number of hydrogen-bond donors (Lipinski definition) is 1. The number of nitrogens with zero attached hydrogens (tertiary/aromatic N) is 4. The Bertz CT molecular complexity index is 379. The van der Waals surface area contributed by atoms with Crippen molar-refractivity contribution in [3.05, 3.63) is 0 Å². The van der Waals surface area contributed by atoms with Crippen molar-refractivity contribution in [1.82, 2.24) is 15.1 Å². The summed E-state index contributed by atoms with van der Waals surface area (Å²) in [6, 6.07) is 4.80. The van der Waals surface area contributed by atoms with E-state index in [0.717, 1.165) is 13.1 Å². The number of carbonyl (C=O) groups excluding carboxylic acids is 1. The fourth-order valence-electron chi connectivity index (χ4n) is 2.32. The summed E-state index contributed by atoms with van der Waals surface area (Å²) in [6.45, 7) is 7.11. The second kappa shape index (κ2) is 8.52. The quantitative estimate of drug-likeness (QED) is 0.756. The van der Waals surface area contributed by atoms with Crippen LogP contribution >= 0.6 is 0 Å². The summed E-state index contributed by atoms with van der Waals surface area (Å²) in [4.78, 5) is 16.1. The highest BCUT2D eigenvalue weighted by atomic mass is 16.2. The fourth-order valence-corrected chi connectivity index (χ4v) is 2.32. The van der Waals surface area contributed by atoms with Crippen molar-refractivity contribution in [2.75, 3.05) is 32.7 Å². The number of nitrogens with one attached hydrogen (secondary N) is 1. The van der Waals surface area contributed by atoms with Gasteiger partial charge in [-0.3, -0.25) is 9.69 Å². The highest BCUT2D eigenvalue weighted by Crippen LogP contribution is 2.07. The molecule has 1 saturated heterocycles. The third kappa shape index (κ3) is 5.16. The molecule has 2 unspecified atom stereocenters. The Hall–Kier alpha value is -1.63. The van der Waals surface area contributed by atoms with Crippen molar-refractivity contribution in [2.45, 2.75) is 38.8 Å². The molecule has 0 aromatic rings. The van der Waals surface area contributed by atoms with E-state index in [-0.39, 0.29) is 5.91 Å². The van der Waals surface area contributed by atoms with Crippen LogP contribution in [0.3, 0.4) is 0 Å². The van der Waals surface area contributed by atoms with Gasteiger partial charge in [-0.15, -0.1) is 0 Å². The van der Waals surface area contributed by atoms with Gasteiger partial charge >= 0.3 is 0 Å². The first-order chi connectivity index (χ1) is 9.58. The molecule has 6 nitrogen and oxygen atoms in total. The summed E-state index contributed by atoms with van der Waals surface area (Å²) >= 11 is 0. The Balaban J connectivity index is 2.55.